The third kappa shape index (κ3) is 255. The van der Waals surface area contributed by atoms with E-state index in [4.69, 9.17) is 33.2 Å². The Bertz CT molecular complexity index is 2410. The number of carbonyl (C=O) groups excluding carboxylic acids is 14. The molecule has 0 aromatic carbocycles. The van der Waals surface area contributed by atoms with Crippen LogP contribution in [0.3, 0.4) is 0 Å². The van der Waals surface area contributed by atoms with E-state index in [1.54, 1.807) is 6.92 Å². The molecule has 0 spiro atoms. The van der Waals surface area contributed by atoms with Crippen molar-refractivity contribution in [3.63, 3.8) is 0 Å². The Labute approximate surface area is 787 Å². The van der Waals surface area contributed by atoms with Crippen molar-refractivity contribution in [2.24, 2.45) is 11.8 Å². The van der Waals surface area contributed by atoms with Gasteiger partial charge in [-0.05, 0) is 90.4 Å². The minimum Gasteiger partial charge on any atom is -0.469 e. The SMILES string of the molecule is C=CCOC(C)=O.CC(=O)OC(C)C.CC(=O)OCC(C)C.CCCCC(CC)COC(C)=O.CCCCCCCCCCOC(C)=O.CCCCCCCCCOC(C)=O.CCCCCCCCOC(C)=O.CCCCCCCOC(C)=O.CCCCCCOC(C)=O.CCCCCOC(C)=O.CCCCOC(C)=O.CCCOC(C)=O.CCOC(C)=O.COC(C)=O. The normalized spacial score (nSPS) is 9.49. The van der Waals surface area contributed by atoms with E-state index in [0.717, 1.165) is 70.6 Å². The summed E-state index contributed by atoms with van der Waals surface area (Å²) in [6.45, 7) is 60.8. The summed E-state index contributed by atoms with van der Waals surface area (Å²) in [5, 5.41) is 0. The lowest BCUT2D eigenvalue weighted by Crippen LogP contribution is -2.11. The topological polar surface area (TPSA) is 368 Å². The highest BCUT2D eigenvalue weighted by Crippen LogP contribution is 2.14. The minimum absolute atomic E-state index is 0.0255. The van der Waals surface area contributed by atoms with Gasteiger partial charge in [0, 0.05) is 96.9 Å². The van der Waals surface area contributed by atoms with Crippen LogP contribution < -0.4 is 0 Å². The second-order valence-electron chi connectivity index (χ2n) is 30.4. The maximum absolute atomic E-state index is 10.5. The molecule has 0 fully saturated rings. The van der Waals surface area contributed by atoms with Gasteiger partial charge in [-0.3, -0.25) is 67.1 Å². The Morgan fingerprint density at radius 3 is 0.597 bits per heavy atom. The minimum atomic E-state index is -0.264. The van der Waals surface area contributed by atoms with Gasteiger partial charge in [0.05, 0.1) is 85.9 Å². The van der Waals surface area contributed by atoms with Gasteiger partial charge < -0.3 is 66.3 Å². The van der Waals surface area contributed by atoms with E-state index in [1.807, 2.05) is 34.6 Å². The Balaban J connectivity index is -0.0000000927. The van der Waals surface area contributed by atoms with E-state index in [0.29, 0.717) is 91.1 Å². The molecule has 1 unspecified atom stereocenters. The number of esters is 14. The molecule has 0 heterocycles. The molecule has 0 radical (unpaired) electrons. The molecule has 28 nitrogen and oxygen atoms in total. The van der Waals surface area contributed by atoms with Gasteiger partial charge in [0.15, 0.2) is 0 Å². The quantitative estimate of drug-likeness (QED) is 0.0236. The average molecular weight is 1860 g/mol. The Morgan fingerprint density at radius 2 is 0.442 bits per heavy atom. The lowest BCUT2D eigenvalue weighted by Gasteiger charge is -2.13. The molecule has 0 bridgehead atoms. The number of hydrogen-bond acceptors (Lipinski definition) is 28. The van der Waals surface area contributed by atoms with Gasteiger partial charge in [-0.15, -0.1) is 0 Å². The summed E-state index contributed by atoms with van der Waals surface area (Å²) in [5.41, 5.74) is 0. The van der Waals surface area contributed by atoms with E-state index in [2.05, 4.69) is 102 Å². The van der Waals surface area contributed by atoms with E-state index in [-0.39, 0.29) is 89.7 Å². The fraction of sp³-hybridized carbons (Fsp3) is 0.842. The lowest BCUT2D eigenvalue weighted by atomic mass is 10.0. The summed E-state index contributed by atoms with van der Waals surface area (Å²) in [6.07, 6.45) is 49.7. The first-order chi connectivity index (χ1) is 60.9. The molecular formula is C101H200O28. The van der Waals surface area contributed by atoms with Crippen LogP contribution in [-0.2, 0) is 133 Å². The average Bonchev–Trinajstić information content (AvgIpc) is 1.01. The molecule has 0 aromatic rings. The van der Waals surface area contributed by atoms with Crippen molar-refractivity contribution in [3.05, 3.63) is 12.7 Å². The van der Waals surface area contributed by atoms with Gasteiger partial charge in [0.25, 0.3) is 0 Å². The van der Waals surface area contributed by atoms with Crippen molar-refractivity contribution >= 4 is 83.6 Å². The zero-order chi connectivity index (χ0) is 102. The highest BCUT2D eigenvalue weighted by atomic mass is 16.6. The number of ether oxygens (including phenoxy) is 14. The van der Waals surface area contributed by atoms with Crippen LogP contribution >= 0.6 is 0 Å². The van der Waals surface area contributed by atoms with Crippen LogP contribution in [0.4, 0.5) is 0 Å². The molecule has 0 N–H and O–H groups in total. The van der Waals surface area contributed by atoms with Gasteiger partial charge in [-0.1, -0.05) is 295 Å². The van der Waals surface area contributed by atoms with Crippen molar-refractivity contribution in [3.8, 4) is 0 Å². The van der Waals surface area contributed by atoms with Crippen LogP contribution in [-0.4, -0.2) is 176 Å². The number of rotatable bonds is 56. The van der Waals surface area contributed by atoms with E-state index in [1.165, 1.54) is 296 Å². The number of methoxy groups -OCH3 is 1. The second kappa shape index (κ2) is 141. The van der Waals surface area contributed by atoms with Crippen molar-refractivity contribution < 1.29 is 133 Å². The number of unbranched alkanes of at least 4 members (excludes halogenated alkanes) is 29. The lowest BCUT2D eigenvalue weighted by molar-refractivity contribution is -0.145. The predicted molar refractivity (Wildman–Crippen MR) is 520 cm³/mol. The monoisotopic (exact) mass is 1860 g/mol. The number of carbonyl (C=O) groups is 14. The summed E-state index contributed by atoms with van der Waals surface area (Å²) >= 11 is 0. The molecule has 0 aromatic heterocycles. The molecule has 129 heavy (non-hydrogen) atoms. The van der Waals surface area contributed by atoms with Gasteiger partial charge in [0.2, 0.25) is 0 Å². The first-order valence-corrected chi connectivity index (χ1v) is 48.4. The molecular weight excluding hydrogens is 1660 g/mol. The van der Waals surface area contributed by atoms with Gasteiger partial charge in [0.1, 0.15) is 6.61 Å². The zero-order valence-corrected chi connectivity index (χ0v) is 88.2. The smallest absolute Gasteiger partial charge is 0.302 e. The van der Waals surface area contributed by atoms with Crippen molar-refractivity contribution in [2.45, 2.75) is 464 Å². The Hall–Kier alpha value is -7.68. The molecule has 772 valence electrons. The van der Waals surface area contributed by atoms with Gasteiger partial charge in [-0.2, -0.15) is 0 Å². The van der Waals surface area contributed by atoms with E-state index < -0.39 is 0 Å². The molecule has 0 aliphatic carbocycles. The first-order valence-electron chi connectivity index (χ1n) is 48.4. The van der Waals surface area contributed by atoms with Crippen LogP contribution in [0.2, 0.25) is 0 Å². The third-order valence-electron chi connectivity index (χ3n) is 15.5. The fourth-order valence-corrected chi connectivity index (χ4v) is 8.79. The van der Waals surface area contributed by atoms with Gasteiger partial charge in [-0.25, -0.2) is 0 Å². The molecule has 0 saturated carbocycles. The van der Waals surface area contributed by atoms with Crippen molar-refractivity contribution in [1.82, 2.24) is 0 Å². The fourth-order valence-electron chi connectivity index (χ4n) is 8.79. The van der Waals surface area contributed by atoms with Crippen LogP contribution in [0, 0.1) is 11.8 Å². The Kier molecular flexibility index (Phi) is 166. The standard InChI is InChI=1S/C12H24O2.C11H22O2.2C10H20O2.C9H18O2.C8H16O2.C7H14O2.2C6H12O2.2C5H10O2.C5H8O2.C4H8O2.C3H6O2/c1-3-4-5-6-7-8-9-10-11-14-12(2)13;1-3-4-5-6-7-8-9-10-13-11(2)12;1-4-6-7-10(5-2)8-12-9(3)11;1-3-4-5-6-7-8-9-12-10(2)11;1-3-4-5-6-7-8-11-9(2)10;1-3-4-5-6-7-10-8(2)9;1-3-4-5-6-9-7(2)8;1-5(2)4-8-6(3)7;1-3-4-5-8-6(2)7;1-4(2)7-5(3)6;2*1-3-4-7-5(2)6;1-3-6-4(2)5;1-3(4)5-2/h3-11H2,1-2H3;3-10H2,1-2H3;10H,4-8H2,1-3H3;3-9H2,1-2H3;3-8H2,1-2H3;3-7H2,1-2H3;3-6H2,1-2H3;5H,4H2,1-3H3;3-5H2,1-2H3;4H,1-3H3;3-4H2,1-2H3;3H,1,4H2,2H3;3H2,1-2H3;1-2H3. The number of hydrogen-bond donors (Lipinski definition) is 0. The van der Waals surface area contributed by atoms with Crippen LogP contribution in [0.5, 0.6) is 0 Å². The first kappa shape index (κ1) is 152. The van der Waals surface area contributed by atoms with Crippen LogP contribution in [0.15, 0.2) is 12.7 Å². The molecule has 1 atom stereocenters. The molecule has 0 aliphatic rings. The van der Waals surface area contributed by atoms with Crippen LogP contribution in [0.1, 0.15) is 458 Å². The zero-order valence-electron chi connectivity index (χ0n) is 88.2. The molecule has 28 heteroatoms. The van der Waals surface area contributed by atoms with Crippen molar-refractivity contribution in [1.29, 1.82) is 0 Å². The summed E-state index contributed by atoms with van der Waals surface area (Å²) < 4.78 is 65.1. The molecule has 0 aliphatic heterocycles. The van der Waals surface area contributed by atoms with E-state index in [9.17, 15) is 67.1 Å². The predicted octanol–water partition coefficient (Wildman–Crippen LogP) is 25.0. The summed E-state index contributed by atoms with van der Waals surface area (Å²) in [5.74, 6) is -1.65. The third-order valence-corrected chi connectivity index (χ3v) is 15.5. The Morgan fingerprint density at radius 1 is 0.233 bits per heavy atom. The summed E-state index contributed by atoms with van der Waals surface area (Å²) in [4.78, 5) is 142. The van der Waals surface area contributed by atoms with Gasteiger partial charge >= 0.3 is 83.6 Å². The van der Waals surface area contributed by atoms with Crippen molar-refractivity contribution in [2.75, 3.05) is 86.4 Å². The molecule has 0 saturated heterocycles. The molecule has 0 rings (SSSR count). The van der Waals surface area contributed by atoms with Crippen LogP contribution in [0.25, 0.3) is 0 Å². The van der Waals surface area contributed by atoms with E-state index >= 15 is 0 Å². The maximum atomic E-state index is 10.5. The highest BCUT2D eigenvalue weighted by Gasteiger charge is 2.08. The maximum Gasteiger partial charge on any atom is 0.302 e. The summed E-state index contributed by atoms with van der Waals surface area (Å²) in [7, 11) is 1.35. The highest BCUT2D eigenvalue weighted by molar-refractivity contribution is 5.69. The molecule has 0 amide bonds. The largest absolute Gasteiger partial charge is 0.469 e. The summed E-state index contributed by atoms with van der Waals surface area (Å²) in [6, 6.07) is 0. The second-order valence-corrected chi connectivity index (χ2v) is 30.4.